The van der Waals surface area contributed by atoms with Crippen LogP contribution in [0.5, 0.6) is 0 Å². The molecule has 0 amide bonds. The van der Waals surface area contributed by atoms with Gasteiger partial charge in [0.15, 0.2) is 0 Å². The Balaban J connectivity index is 2.32. The van der Waals surface area contributed by atoms with Crippen LogP contribution in [-0.4, -0.2) is 13.5 Å². The van der Waals surface area contributed by atoms with Crippen LogP contribution in [-0.2, 0) is 10.0 Å². The lowest BCUT2D eigenvalue weighted by Crippen LogP contribution is -2.14. The summed E-state index contributed by atoms with van der Waals surface area (Å²) >= 11 is 3.37. The van der Waals surface area contributed by atoms with Crippen molar-refractivity contribution in [3.8, 4) is 0 Å². The summed E-state index contributed by atoms with van der Waals surface area (Å²) in [6.07, 6.45) is -0.623. The number of anilines is 1. The Morgan fingerprint density at radius 3 is 2.33 bits per heavy atom. The molecular weight excluding hydrogens is 354 g/mol. The van der Waals surface area contributed by atoms with Crippen molar-refractivity contribution in [3.63, 3.8) is 0 Å². The smallest absolute Gasteiger partial charge is 0.261 e. The van der Waals surface area contributed by atoms with E-state index >= 15 is 0 Å². The molecule has 4 nitrogen and oxygen atoms in total. The van der Waals surface area contributed by atoms with Crippen LogP contribution in [0.25, 0.3) is 0 Å². The highest BCUT2D eigenvalue weighted by Gasteiger charge is 2.16. The van der Waals surface area contributed by atoms with Gasteiger partial charge < -0.3 is 5.11 Å². The molecule has 0 heterocycles. The van der Waals surface area contributed by atoms with Gasteiger partial charge in [-0.1, -0.05) is 34.1 Å². The van der Waals surface area contributed by atoms with E-state index < -0.39 is 16.1 Å². The van der Waals surface area contributed by atoms with Crippen molar-refractivity contribution in [2.75, 3.05) is 4.72 Å². The molecule has 2 rings (SSSR count). The summed E-state index contributed by atoms with van der Waals surface area (Å²) in [5, 5.41) is 9.45. The van der Waals surface area contributed by atoms with E-state index in [1.54, 1.807) is 31.2 Å². The summed E-state index contributed by atoms with van der Waals surface area (Å²) in [6.45, 7) is 3.46. The van der Waals surface area contributed by atoms with Gasteiger partial charge in [-0.25, -0.2) is 8.42 Å². The zero-order chi connectivity index (χ0) is 15.6. The molecule has 0 aliphatic heterocycles. The number of aliphatic hydroxyl groups excluding tert-OH is 1. The van der Waals surface area contributed by atoms with Crippen molar-refractivity contribution in [2.24, 2.45) is 0 Å². The third-order valence-electron chi connectivity index (χ3n) is 3.18. The molecule has 0 aliphatic carbocycles. The fourth-order valence-electron chi connectivity index (χ4n) is 1.85. The summed E-state index contributed by atoms with van der Waals surface area (Å²) in [4.78, 5) is 0.159. The van der Waals surface area contributed by atoms with E-state index in [4.69, 9.17) is 0 Å². The van der Waals surface area contributed by atoms with Crippen molar-refractivity contribution in [1.82, 2.24) is 0 Å². The third-order valence-corrected chi connectivity index (χ3v) is 5.43. The second-order valence-corrected chi connectivity index (χ2v) is 7.30. The van der Waals surface area contributed by atoms with Crippen molar-refractivity contribution in [2.45, 2.75) is 24.8 Å². The minimum atomic E-state index is -3.65. The number of rotatable bonds is 4. The molecule has 0 spiro atoms. The number of halogens is 1. The third kappa shape index (κ3) is 3.64. The highest BCUT2D eigenvalue weighted by Crippen LogP contribution is 2.26. The van der Waals surface area contributed by atoms with Crippen LogP contribution < -0.4 is 4.72 Å². The molecule has 0 aliphatic rings. The average Bonchev–Trinajstić information content (AvgIpc) is 2.44. The molecule has 0 bridgehead atoms. The Morgan fingerprint density at radius 1 is 1.14 bits per heavy atom. The van der Waals surface area contributed by atoms with E-state index in [1.807, 2.05) is 13.0 Å². The zero-order valence-electron chi connectivity index (χ0n) is 11.7. The van der Waals surface area contributed by atoms with Gasteiger partial charge in [0.2, 0.25) is 0 Å². The van der Waals surface area contributed by atoms with Crippen LogP contribution >= 0.6 is 15.9 Å². The lowest BCUT2D eigenvalue weighted by Gasteiger charge is -2.12. The molecule has 2 aromatic rings. The molecule has 21 heavy (non-hydrogen) atoms. The predicted octanol–water partition coefficient (Wildman–Crippen LogP) is 3.61. The van der Waals surface area contributed by atoms with Crippen LogP contribution in [0, 0.1) is 6.92 Å². The molecule has 1 unspecified atom stereocenters. The summed E-state index contributed by atoms with van der Waals surface area (Å²) < 4.78 is 28.1. The van der Waals surface area contributed by atoms with Crippen LogP contribution in [0.1, 0.15) is 24.2 Å². The Bertz CT molecular complexity index is 740. The monoisotopic (exact) mass is 369 g/mol. The van der Waals surface area contributed by atoms with Crippen LogP contribution in [0.2, 0.25) is 0 Å². The summed E-state index contributed by atoms with van der Waals surface area (Å²) in [5.74, 6) is 0. The van der Waals surface area contributed by atoms with E-state index in [-0.39, 0.29) is 4.90 Å². The van der Waals surface area contributed by atoms with Gasteiger partial charge in [0.1, 0.15) is 0 Å². The zero-order valence-corrected chi connectivity index (χ0v) is 14.1. The van der Waals surface area contributed by atoms with Crippen LogP contribution in [0.15, 0.2) is 51.8 Å². The second kappa shape index (κ2) is 6.17. The Kier molecular flexibility index (Phi) is 4.70. The maximum atomic E-state index is 12.4. The first-order chi connectivity index (χ1) is 9.81. The van der Waals surface area contributed by atoms with Crippen molar-refractivity contribution in [3.05, 3.63) is 58.1 Å². The standard InChI is InChI=1S/C15H16BrNO3S/c1-10-14(16)4-3-5-15(10)17-21(19,20)13-8-6-12(7-9-13)11(2)18/h3-9,11,17-18H,1-2H3. The minimum absolute atomic E-state index is 0.159. The fraction of sp³-hybridized carbons (Fsp3) is 0.200. The van der Waals surface area contributed by atoms with Gasteiger partial charge >= 0.3 is 0 Å². The van der Waals surface area contributed by atoms with E-state index in [1.165, 1.54) is 12.1 Å². The Hall–Kier alpha value is -1.37. The van der Waals surface area contributed by atoms with Crippen molar-refractivity contribution in [1.29, 1.82) is 0 Å². The highest BCUT2D eigenvalue weighted by atomic mass is 79.9. The van der Waals surface area contributed by atoms with Gasteiger partial charge in [0, 0.05) is 4.47 Å². The number of hydrogen-bond donors (Lipinski definition) is 2. The molecule has 6 heteroatoms. The maximum absolute atomic E-state index is 12.4. The van der Waals surface area contributed by atoms with Crippen molar-refractivity contribution < 1.29 is 13.5 Å². The van der Waals surface area contributed by atoms with Gasteiger partial charge in [0.05, 0.1) is 16.7 Å². The predicted molar refractivity (Wildman–Crippen MR) is 86.8 cm³/mol. The van der Waals surface area contributed by atoms with Gasteiger partial charge in [-0.05, 0) is 49.2 Å². The summed E-state index contributed by atoms with van der Waals surface area (Å²) in [6, 6.07) is 11.5. The number of aliphatic hydroxyl groups is 1. The molecular formula is C15H16BrNO3S. The molecule has 0 fully saturated rings. The number of benzene rings is 2. The van der Waals surface area contributed by atoms with Crippen LogP contribution in [0.3, 0.4) is 0 Å². The first kappa shape index (κ1) is 16.0. The molecule has 0 saturated heterocycles. The summed E-state index contributed by atoms with van der Waals surface area (Å²) in [7, 11) is -3.65. The Morgan fingerprint density at radius 2 is 1.76 bits per heavy atom. The van der Waals surface area contributed by atoms with Gasteiger partial charge in [-0.2, -0.15) is 0 Å². The maximum Gasteiger partial charge on any atom is 0.261 e. The topological polar surface area (TPSA) is 66.4 Å². The Labute approximate surface area is 133 Å². The first-order valence-electron chi connectivity index (χ1n) is 6.37. The number of sulfonamides is 1. The minimum Gasteiger partial charge on any atom is -0.389 e. The molecule has 1 atom stereocenters. The summed E-state index contributed by atoms with van der Waals surface area (Å²) in [5.41, 5.74) is 2.03. The van der Waals surface area contributed by atoms with Gasteiger partial charge in [-0.3, -0.25) is 4.72 Å². The van der Waals surface area contributed by atoms with Crippen LogP contribution in [0.4, 0.5) is 5.69 Å². The molecule has 112 valence electrons. The van der Waals surface area contributed by atoms with Gasteiger partial charge in [0.25, 0.3) is 10.0 Å². The lowest BCUT2D eigenvalue weighted by molar-refractivity contribution is 0.199. The van der Waals surface area contributed by atoms with E-state index in [0.717, 1.165) is 10.0 Å². The van der Waals surface area contributed by atoms with E-state index in [0.29, 0.717) is 11.3 Å². The molecule has 0 saturated carbocycles. The molecule has 0 radical (unpaired) electrons. The number of nitrogens with one attached hydrogen (secondary N) is 1. The first-order valence-corrected chi connectivity index (χ1v) is 8.65. The lowest BCUT2D eigenvalue weighted by atomic mass is 10.1. The molecule has 0 aromatic heterocycles. The fourth-order valence-corrected chi connectivity index (χ4v) is 3.34. The molecule has 2 N–H and O–H groups in total. The normalized spacial score (nSPS) is 13.0. The second-order valence-electron chi connectivity index (χ2n) is 4.76. The van der Waals surface area contributed by atoms with Gasteiger partial charge in [-0.15, -0.1) is 0 Å². The van der Waals surface area contributed by atoms with E-state index in [9.17, 15) is 13.5 Å². The van der Waals surface area contributed by atoms with E-state index in [2.05, 4.69) is 20.7 Å². The largest absolute Gasteiger partial charge is 0.389 e. The average molecular weight is 370 g/mol. The quantitative estimate of drug-likeness (QED) is 0.864. The number of hydrogen-bond acceptors (Lipinski definition) is 3. The van der Waals surface area contributed by atoms with Crippen molar-refractivity contribution >= 4 is 31.6 Å². The SMILES string of the molecule is Cc1c(Br)cccc1NS(=O)(=O)c1ccc(C(C)O)cc1. The highest BCUT2D eigenvalue weighted by molar-refractivity contribution is 9.10. The molecule has 2 aromatic carbocycles.